The van der Waals surface area contributed by atoms with Crippen LogP contribution in [-0.2, 0) is 57.6 Å². The number of nitrogens with one attached hydrogen (secondary N) is 7. The molecule has 1 aliphatic rings. The molecule has 27 heteroatoms. The van der Waals surface area contributed by atoms with Crippen LogP contribution in [0.3, 0.4) is 0 Å². The number of amides is 10. The highest BCUT2D eigenvalue weighted by atomic mass is 35.5. The second-order valence-corrected chi connectivity index (χ2v) is 19.2. The Morgan fingerprint density at radius 3 is 1.83 bits per heavy atom. The number of hydrazine groups is 1. The highest BCUT2D eigenvalue weighted by Gasteiger charge is 2.37. The van der Waals surface area contributed by atoms with E-state index in [-0.39, 0.29) is 50.0 Å². The summed E-state index contributed by atoms with van der Waals surface area (Å²) in [7, 11) is 0. The third-order valence-electron chi connectivity index (χ3n) is 11.7. The Hall–Kier alpha value is -7.36. The van der Waals surface area contributed by atoms with Gasteiger partial charge >= 0.3 is 0 Å². The van der Waals surface area contributed by atoms with E-state index in [1.165, 1.54) is 55.5 Å². The van der Waals surface area contributed by atoms with Gasteiger partial charge in [0.1, 0.15) is 48.0 Å². The zero-order valence-corrected chi connectivity index (χ0v) is 42.7. The average molecular weight is 1080 g/mol. The van der Waals surface area contributed by atoms with Gasteiger partial charge in [-0.15, -0.1) is 0 Å². The molecule has 0 bridgehead atoms. The van der Waals surface area contributed by atoms with Crippen LogP contribution in [0.25, 0.3) is 0 Å². The normalized spacial score (nSPS) is 21.8. The third kappa shape index (κ3) is 19.1. The number of phenolic OH excluding ortho intramolecular Hbond substituents is 1. The minimum absolute atomic E-state index is 0.0481. The van der Waals surface area contributed by atoms with Crippen LogP contribution in [0.15, 0.2) is 72.8 Å². The molecule has 1 aliphatic heterocycles. The second kappa shape index (κ2) is 28.9. The number of aliphatic hydroxyl groups is 1. The monoisotopic (exact) mass is 1080 g/mol. The first-order chi connectivity index (χ1) is 35.4. The smallest absolute Gasteiger partial charge is 0.295 e. The summed E-state index contributed by atoms with van der Waals surface area (Å²) in [6.45, 7) is 1.79. The summed E-state index contributed by atoms with van der Waals surface area (Å²) >= 11 is 6.37. The molecule has 10 amide bonds. The Balaban J connectivity index is 1.86. The number of hydrogen-bond acceptors (Lipinski definition) is 16. The molecule has 0 radical (unpaired) electrons. The van der Waals surface area contributed by atoms with Crippen molar-refractivity contribution in [3.63, 3.8) is 0 Å². The van der Waals surface area contributed by atoms with Crippen molar-refractivity contribution in [2.45, 2.75) is 107 Å². The van der Waals surface area contributed by atoms with Crippen molar-refractivity contribution in [2.75, 3.05) is 18.8 Å². The molecule has 1 unspecified atom stereocenters. The summed E-state index contributed by atoms with van der Waals surface area (Å²) in [6, 6.07) is 5.17. The highest BCUT2D eigenvalue weighted by molar-refractivity contribution is 8.13. The third-order valence-corrected chi connectivity index (χ3v) is 12.9. The number of aromatic hydroxyl groups is 1. The number of unbranched alkanes of at least 4 members (excludes halogenated alkanes) is 1. The van der Waals surface area contributed by atoms with Crippen LogP contribution in [0, 0.1) is 0 Å². The van der Waals surface area contributed by atoms with E-state index in [4.69, 9.17) is 40.4 Å². The van der Waals surface area contributed by atoms with E-state index in [9.17, 15) is 58.2 Å². The first kappa shape index (κ1) is 60.2. The average Bonchev–Trinajstić information content (AvgIpc) is 3.36. The molecule has 1 fully saturated rings. The first-order valence-corrected chi connectivity index (χ1v) is 25.0. The van der Waals surface area contributed by atoms with Crippen LogP contribution >= 0.6 is 23.4 Å². The van der Waals surface area contributed by atoms with Gasteiger partial charge in [-0.05, 0) is 99.2 Å². The molecule has 406 valence electrons. The van der Waals surface area contributed by atoms with E-state index >= 15 is 0 Å². The van der Waals surface area contributed by atoms with Crippen molar-refractivity contribution in [1.29, 1.82) is 0 Å². The maximum atomic E-state index is 14.7. The van der Waals surface area contributed by atoms with Crippen molar-refractivity contribution in [2.24, 2.45) is 28.8 Å². The van der Waals surface area contributed by atoms with Crippen molar-refractivity contribution in [3.8, 4) is 5.75 Å². The number of hydrogen-bond donors (Lipinski definition) is 14. The van der Waals surface area contributed by atoms with Crippen molar-refractivity contribution < 1.29 is 58.2 Å². The molecule has 0 aliphatic carbocycles. The number of nitrogens with zero attached hydrogens (tertiary/aromatic N) is 1. The molecular weight excluding hydrogens is 1020 g/mol. The lowest BCUT2D eigenvalue weighted by Crippen LogP contribution is -2.62. The van der Waals surface area contributed by atoms with E-state index in [0.717, 1.165) is 6.92 Å². The molecule has 4 rings (SSSR count). The fraction of sp³-hybridized carbons (Fsp3) is 0.417. The molecule has 1 heterocycles. The summed E-state index contributed by atoms with van der Waals surface area (Å²) in [4.78, 5) is 137. The summed E-state index contributed by atoms with van der Waals surface area (Å²) in [6.07, 6.45) is -1.77. The van der Waals surface area contributed by atoms with Crippen molar-refractivity contribution in [3.05, 3.63) is 100 Å². The zero-order valence-electron chi connectivity index (χ0n) is 41.1. The molecule has 0 spiro atoms. The summed E-state index contributed by atoms with van der Waals surface area (Å²) in [5.74, 6) is -3.32. The van der Waals surface area contributed by atoms with E-state index in [1.54, 1.807) is 24.3 Å². The topological polar surface area (TPSA) is 429 Å². The predicted molar refractivity (Wildman–Crippen MR) is 275 cm³/mol. The number of phenols is 1. The summed E-state index contributed by atoms with van der Waals surface area (Å²) in [5.41, 5.74) is 24.3. The number of nitrogens with two attached hydrogens (primary N) is 5. The Morgan fingerprint density at radius 2 is 1.28 bits per heavy atom. The lowest BCUT2D eigenvalue weighted by Gasteiger charge is -2.28. The summed E-state index contributed by atoms with van der Waals surface area (Å²) < 4.78 is 0. The molecule has 3 aromatic carbocycles. The van der Waals surface area contributed by atoms with Crippen LogP contribution in [0.1, 0.15) is 60.2 Å². The van der Waals surface area contributed by atoms with Crippen LogP contribution in [-0.4, -0.2) is 147 Å². The number of primary amides is 2. The SMILES string of the molecule is CC(O)[C@@H]1NC(=O)[C@H](CCCCN)NC(=O)[C@@H](Cc2ccc(C(N)=O)cc2)NC(=O)[C@H](Cc2ccc(O)cc2)NC(=O)[C@H](NC(=O)[C@@H](N)Cc2ccc(Cl)cc2)CN(N)C(=O)SC[C@@H](C(=O)N[C@H](C)C(N)=O)NC1=O. The number of rotatable bonds is 17. The molecule has 75 heavy (non-hydrogen) atoms. The van der Waals surface area contributed by atoms with Gasteiger partial charge in [-0.25, -0.2) is 5.84 Å². The quantitative estimate of drug-likeness (QED) is 0.0363. The molecule has 0 aromatic heterocycles. The maximum Gasteiger partial charge on any atom is 0.295 e. The number of aliphatic hydroxyl groups excluding tert-OH is 1. The van der Waals surface area contributed by atoms with Gasteiger partial charge in [0.05, 0.1) is 18.7 Å². The zero-order chi connectivity index (χ0) is 55.5. The summed E-state index contributed by atoms with van der Waals surface area (Å²) in [5, 5.41) is 38.2. The van der Waals surface area contributed by atoms with Gasteiger partial charge in [0, 0.05) is 29.2 Å². The van der Waals surface area contributed by atoms with Gasteiger partial charge in [0.25, 0.3) is 5.24 Å². The number of carbonyl (C=O) groups excluding carboxylic acids is 10. The first-order valence-electron chi connectivity index (χ1n) is 23.6. The lowest BCUT2D eigenvalue weighted by molar-refractivity contribution is -0.136. The molecule has 0 saturated carbocycles. The molecular formula is C48H64ClN13O12S. The molecule has 1 saturated heterocycles. The lowest BCUT2D eigenvalue weighted by atomic mass is 10.00. The van der Waals surface area contributed by atoms with Gasteiger partial charge in [-0.3, -0.25) is 53.0 Å². The van der Waals surface area contributed by atoms with Gasteiger partial charge < -0.3 is 70.4 Å². The standard InChI is InChI=1S/C48H64ClN13O12S/c1-24(39(52)65)55-46(72)37-23-75-48(74)62(54)22-36(59-41(67)32(51)19-26-8-14-30(49)15-9-26)45(71)58-35(21-28-10-16-31(64)17-11-28)44(70)57-34(20-27-6-12-29(13-7-27)40(53)66)43(69)56-33(5-3-4-18-50)42(68)61-38(25(2)63)47(73)60-37/h6-17,24-25,32-38,63-64H,3-5,18-23,50-51,54H2,1-2H3,(H2,52,65)(H2,53,66)(H,55,72)(H,56,69)(H,57,70)(H,58,71)(H,59,67)(H,60,73)(H,61,68)/t24-,25?,32+,33+,34-,35+,36-,37+,38+/m1/s1. The second-order valence-electron chi connectivity index (χ2n) is 17.8. The fourth-order valence-electron chi connectivity index (χ4n) is 7.34. The van der Waals surface area contributed by atoms with E-state index in [1.807, 2.05) is 0 Å². The van der Waals surface area contributed by atoms with E-state index < -0.39 is 125 Å². The van der Waals surface area contributed by atoms with Gasteiger partial charge in [0.2, 0.25) is 53.2 Å². The Bertz CT molecular complexity index is 2520. The van der Waals surface area contributed by atoms with Crippen LogP contribution in [0.4, 0.5) is 4.79 Å². The molecule has 9 atom stereocenters. The van der Waals surface area contributed by atoms with E-state index in [0.29, 0.717) is 44.9 Å². The van der Waals surface area contributed by atoms with Crippen LogP contribution in [0.2, 0.25) is 5.02 Å². The van der Waals surface area contributed by atoms with E-state index in [2.05, 4.69) is 37.2 Å². The number of benzene rings is 3. The minimum atomic E-state index is -1.82. The maximum absolute atomic E-state index is 14.7. The molecule has 19 N–H and O–H groups in total. The van der Waals surface area contributed by atoms with Crippen LogP contribution < -0.4 is 66.0 Å². The highest BCUT2D eigenvalue weighted by Crippen LogP contribution is 2.16. The largest absolute Gasteiger partial charge is 0.508 e. The van der Waals surface area contributed by atoms with Gasteiger partial charge in [0.15, 0.2) is 0 Å². The van der Waals surface area contributed by atoms with Gasteiger partial charge in [-0.2, -0.15) is 0 Å². The predicted octanol–water partition coefficient (Wildman–Crippen LogP) is -3.05. The van der Waals surface area contributed by atoms with Crippen molar-refractivity contribution >= 4 is 81.8 Å². The minimum Gasteiger partial charge on any atom is -0.508 e. The van der Waals surface area contributed by atoms with Crippen LogP contribution in [0.5, 0.6) is 5.75 Å². The fourth-order valence-corrected chi connectivity index (χ4v) is 8.25. The number of thioether (sulfide) groups is 1. The van der Waals surface area contributed by atoms with Gasteiger partial charge in [-0.1, -0.05) is 59.8 Å². The molecule has 25 nitrogen and oxygen atoms in total. The molecule has 3 aromatic rings. The number of carbonyl (C=O) groups is 10. The van der Waals surface area contributed by atoms with Crippen molar-refractivity contribution in [1.82, 2.24) is 42.2 Å². The Morgan fingerprint density at radius 1 is 0.747 bits per heavy atom. The Labute approximate surface area is 440 Å². The number of halogens is 1. The Kier molecular flexibility index (Phi) is 23.2.